The Morgan fingerprint density at radius 1 is 1.03 bits per heavy atom. The number of carbonyl (C=O) groups excluding carboxylic acids is 2. The van der Waals surface area contributed by atoms with Gasteiger partial charge in [-0.2, -0.15) is 5.10 Å². The van der Waals surface area contributed by atoms with Gasteiger partial charge in [0, 0.05) is 43.8 Å². The first kappa shape index (κ1) is 19.8. The molecule has 154 valence electrons. The molecule has 3 heterocycles. The first-order valence-electron chi connectivity index (χ1n) is 10.2. The number of anilines is 2. The largest absolute Gasteiger partial charge is 0.310 e. The van der Waals surface area contributed by atoms with Gasteiger partial charge < -0.3 is 5.32 Å². The van der Waals surface area contributed by atoms with Gasteiger partial charge in [0.1, 0.15) is 11.6 Å². The predicted molar refractivity (Wildman–Crippen MR) is 116 cm³/mol. The van der Waals surface area contributed by atoms with Gasteiger partial charge in [-0.05, 0) is 37.5 Å². The molecule has 1 aliphatic rings. The molecule has 0 unspecified atom stereocenters. The van der Waals surface area contributed by atoms with Gasteiger partial charge in [0.05, 0.1) is 5.69 Å². The lowest BCUT2D eigenvalue weighted by atomic mass is 10.1. The Morgan fingerprint density at radius 2 is 1.83 bits per heavy atom. The van der Waals surface area contributed by atoms with E-state index in [2.05, 4.69) is 15.4 Å². The number of nitrogens with one attached hydrogen (secondary N) is 1. The molecule has 2 amide bonds. The zero-order valence-electron chi connectivity index (χ0n) is 17.3. The van der Waals surface area contributed by atoms with E-state index in [0.717, 1.165) is 41.2 Å². The Kier molecular flexibility index (Phi) is 5.61. The van der Waals surface area contributed by atoms with Crippen LogP contribution in [0.5, 0.6) is 0 Å². The second-order valence-corrected chi connectivity index (χ2v) is 7.57. The lowest BCUT2D eigenvalue weighted by molar-refractivity contribution is -0.122. The number of rotatable bonds is 5. The summed E-state index contributed by atoms with van der Waals surface area (Å²) in [5, 5.41) is 7.24. The number of fused-ring (bicyclic) bond motifs is 1. The minimum absolute atomic E-state index is 0.0601. The van der Waals surface area contributed by atoms with E-state index in [-0.39, 0.29) is 24.7 Å². The number of hydrogen-bond donors (Lipinski definition) is 1. The van der Waals surface area contributed by atoms with Crippen LogP contribution in [0.25, 0.3) is 11.1 Å². The molecule has 7 heteroatoms. The van der Waals surface area contributed by atoms with Crippen molar-refractivity contribution in [2.24, 2.45) is 0 Å². The van der Waals surface area contributed by atoms with Crippen LogP contribution in [0.3, 0.4) is 0 Å². The van der Waals surface area contributed by atoms with Crippen LogP contribution in [0.2, 0.25) is 0 Å². The lowest BCUT2D eigenvalue weighted by Crippen LogP contribution is -2.37. The number of hydrogen-bond acceptors (Lipinski definition) is 4. The summed E-state index contributed by atoms with van der Waals surface area (Å²) < 4.78 is 1.86. The van der Waals surface area contributed by atoms with Gasteiger partial charge in [0.25, 0.3) is 0 Å². The summed E-state index contributed by atoms with van der Waals surface area (Å²) in [6, 6.07) is 13.9. The van der Waals surface area contributed by atoms with Crippen molar-refractivity contribution < 1.29 is 9.59 Å². The number of aryl methyl sites for hydroxylation is 3. The van der Waals surface area contributed by atoms with Gasteiger partial charge in [-0.25, -0.2) is 9.67 Å². The van der Waals surface area contributed by atoms with Crippen molar-refractivity contribution in [2.75, 3.05) is 16.8 Å². The summed E-state index contributed by atoms with van der Waals surface area (Å²) in [6.07, 6.45) is 2.88. The maximum atomic E-state index is 12.7. The molecule has 1 aromatic carbocycles. The van der Waals surface area contributed by atoms with Crippen molar-refractivity contribution in [3.63, 3.8) is 0 Å². The quantitative estimate of drug-likeness (QED) is 0.704. The van der Waals surface area contributed by atoms with E-state index in [9.17, 15) is 9.59 Å². The van der Waals surface area contributed by atoms with Crippen molar-refractivity contribution in [3.8, 4) is 11.1 Å². The maximum Gasteiger partial charge on any atom is 0.228 e. The molecule has 0 radical (unpaired) electrons. The first-order chi connectivity index (χ1) is 14.5. The van der Waals surface area contributed by atoms with E-state index in [1.165, 1.54) is 0 Å². The smallest absolute Gasteiger partial charge is 0.228 e. The van der Waals surface area contributed by atoms with Gasteiger partial charge in [-0.3, -0.25) is 14.5 Å². The lowest BCUT2D eigenvalue weighted by Gasteiger charge is -2.27. The Bertz CT molecular complexity index is 1070. The minimum Gasteiger partial charge on any atom is -0.310 e. The van der Waals surface area contributed by atoms with Crippen LogP contribution in [-0.4, -0.2) is 33.1 Å². The molecular weight excluding hydrogens is 378 g/mol. The number of carbonyl (C=O) groups is 2. The fraction of sp³-hybridized carbons (Fsp3) is 0.304. The van der Waals surface area contributed by atoms with Crippen LogP contribution in [0.4, 0.5) is 11.6 Å². The van der Waals surface area contributed by atoms with E-state index in [0.29, 0.717) is 12.4 Å². The molecule has 0 spiro atoms. The van der Waals surface area contributed by atoms with Crippen LogP contribution < -0.4 is 10.2 Å². The zero-order valence-corrected chi connectivity index (χ0v) is 17.3. The average molecular weight is 403 g/mol. The van der Waals surface area contributed by atoms with Crippen molar-refractivity contribution in [3.05, 3.63) is 59.9 Å². The third-order valence-corrected chi connectivity index (χ3v) is 5.22. The normalized spacial score (nSPS) is 13.1. The van der Waals surface area contributed by atoms with Crippen molar-refractivity contribution in [1.29, 1.82) is 0 Å². The number of nitrogens with zero attached hydrogens (tertiary/aromatic N) is 4. The van der Waals surface area contributed by atoms with Gasteiger partial charge in [-0.15, -0.1) is 0 Å². The highest BCUT2D eigenvalue weighted by molar-refractivity contribution is 5.97. The Morgan fingerprint density at radius 3 is 2.60 bits per heavy atom. The summed E-state index contributed by atoms with van der Waals surface area (Å²) in [5.74, 6) is 1.07. The molecule has 30 heavy (non-hydrogen) atoms. The van der Waals surface area contributed by atoms with E-state index in [4.69, 9.17) is 0 Å². The highest BCUT2D eigenvalue weighted by Gasteiger charge is 2.24. The average Bonchev–Trinajstić information content (AvgIpc) is 3.14. The molecule has 4 rings (SSSR count). The van der Waals surface area contributed by atoms with Crippen molar-refractivity contribution in [2.45, 2.75) is 39.7 Å². The second-order valence-electron chi connectivity index (χ2n) is 7.57. The standard InChI is InChI=1S/C23H25N5O2/c1-16-13-19(18-7-4-3-5-8-18)15-24-23(16)25-20(29)9-10-22(30)27-11-6-12-28-21(27)14-17(2)26-28/h3-5,7-8,13-15H,6,9-12H2,1-2H3,(H,24,25,29). The van der Waals surface area contributed by atoms with Crippen molar-refractivity contribution >= 4 is 23.5 Å². The van der Waals surface area contributed by atoms with Gasteiger partial charge >= 0.3 is 0 Å². The molecule has 0 saturated heterocycles. The molecular formula is C23H25N5O2. The highest BCUT2D eigenvalue weighted by atomic mass is 16.2. The summed E-state index contributed by atoms with van der Waals surface area (Å²) in [7, 11) is 0. The van der Waals surface area contributed by atoms with E-state index in [1.807, 2.05) is 61.0 Å². The summed E-state index contributed by atoms with van der Waals surface area (Å²) in [6.45, 7) is 5.31. The summed E-state index contributed by atoms with van der Waals surface area (Å²) >= 11 is 0. The summed E-state index contributed by atoms with van der Waals surface area (Å²) in [5.41, 5.74) is 3.85. The van der Waals surface area contributed by atoms with E-state index < -0.39 is 0 Å². The Hall–Kier alpha value is -3.48. The fourth-order valence-corrected chi connectivity index (χ4v) is 3.70. The predicted octanol–water partition coefficient (Wildman–Crippen LogP) is 3.72. The van der Waals surface area contributed by atoms with Gasteiger partial charge in [0.2, 0.25) is 11.8 Å². The molecule has 0 atom stereocenters. The third-order valence-electron chi connectivity index (χ3n) is 5.22. The minimum atomic E-state index is -0.215. The topological polar surface area (TPSA) is 80.1 Å². The number of aromatic nitrogens is 3. The van der Waals surface area contributed by atoms with E-state index in [1.54, 1.807) is 11.1 Å². The monoisotopic (exact) mass is 403 g/mol. The molecule has 0 aliphatic carbocycles. The van der Waals surface area contributed by atoms with Crippen LogP contribution in [-0.2, 0) is 16.1 Å². The molecule has 2 aromatic heterocycles. The molecule has 1 N–H and O–H groups in total. The molecule has 0 saturated carbocycles. The number of amides is 2. The van der Waals surface area contributed by atoms with Crippen LogP contribution >= 0.6 is 0 Å². The SMILES string of the molecule is Cc1cc2n(n1)CCCN2C(=O)CCC(=O)Nc1ncc(-c2ccccc2)cc1C. The highest BCUT2D eigenvalue weighted by Crippen LogP contribution is 2.24. The maximum absolute atomic E-state index is 12.7. The molecule has 1 aliphatic heterocycles. The van der Waals surface area contributed by atoms with Gasteiger partial charge in [0.15, 0.2) is 0 Å². The van der Waals surface area contributed by atoms with Gasteiger partial charge in [-0.1, -0.05) is 30.3 Å². The Labute approximate surface area is 175 Å². The number of pyridine rings is 1. The molecule has 7 nitrogen and oxygen atoms in total. The molecule has 0 fully saturated rings. The number of benzene rings is 1. The summed E-state index contributed by atoms with van der Waals surface area (Å²) in [4.78, 5) is 31.2. The first-order valence-corrected chi connectivity index (χ1v) is 10.2. The van der Waals surface area contributed by atoms with E-state index >= 15 is 0 Å². The van der Waals surface area contributed by atoms with Crippen LogP contribution in [0.15, 0.2) is 48.7 Å². The fourth-order valence-electron chi connectivity index (χ4n) is 3.70. The molecule has 3 aromatic rings. The Balaban J connectivity index is 1.36. The second kappa shape index (κ2) is 8.49. The van der Waals surface area contributed by atoms with Crippen LogP contribution in [0, 0.1) is 13.8 Å². The third kappa shape index (κ3) is 4.25. The van der Waals surface area contributed by atoms with Crippen LogP contribution in [0.1, 0.15) is 30.5 Å². The molecule has 0 bridgehead atoms. The van der Waals surface area contributed by atoms with Crippen molar-refractivity contribution in [1.82, 2.24) is 14.8 Å². The zero-order chi connectivity index (χ0) is 21.1.